The standard InChI is InChI=1S/C8H13ClN4O4S2/c1-5-6(7(9)12(2)10-5)19(15,16)13(3)11-18-8(14)17-4/h11H,1-4H3. The Labute approximate surface area is 120 Å². The van der Waals surface area contributed by atoms with Crippen LogP contribution in [-0.4, -0.2) is 42.1 Å². The third-order valence-corrected chi connectivity index (χ3v) is 5.32. The van der Waals surface area contributed by atoms with Gasteiger partial charge in [0.1, 0.15) is 10.0 Å². The fourth-order valence-corrected chi connectivity index (χ4v) is 3.52. The summed E-state index contributed by atoms with van der Waals surface area (Å²) in [6.45, 7) is 1.53. The van der Waals surface area contributed by atoms with Crippen LogP contribution >= 0.6 is 23.5 Å². The van der Waals surface area contributed by atoms with Crippen LogP contribution in [0.25, 0.3) is 0 Å². The molecule has 0 amide bonds. The van der Waals surface area contributed by atoms with Gasteiger partial charge in [0.25, 0.3) is 10.0 Å². The first kappa shape index (κ1) is 16.2. The molecule has 1 rings (SSSR count). The van der Waals surface area contributed by atoms with Crippen molar-refractivity contribution >= 4 is 38.9 Å². The smallest absolute Gasteiger partial charge is 0.383 e. The number of hydrogen-bond acceptors (Lipinski definition) is 7. The summed E-state index contributed by atoms with van der Waals surface area (Å²) in [7, 11) is 0.0599. The lowest BCUT2D eigenvalue weighted by Crippen LogP contribution is -2.36. The van der Waals surface area contributed by atoms with Gasteiger partial charge in [-0.3, -0.25) is 4.68 Å². The third kappa shape index (κ3) is 3.39. The van der Waals surface area contributed by atoms with Crippen molar-refractivity contribution in [1.29, 1.82) is 0 Å². The van der Waals surface area contributed by atoms with Crippen molar-refractivity contribution in [2.24, 2.45) is 7.05 Å². The van der Waals surface area contributed by atoms with E-state index in [-0.39, 0.29) is 15.7 Å². The van der Waals surface area contributed by atoms with Gasteiger partial charge in [-0.15, -0.1) is 4.41 Å². The maximum absolute atomic E-state index is 12.2. The Morgan fingerprint density at radius 1 is 1.58 bits per heavy atom. The topological polar surface area (TPSA) is 93.5 Å². The summed E-state index contributed by atoms with van der Waals surface area (Å²) in [5, 5.41) is 3.25. The van der Waals surface area contributed by atoms with Gasteiger partial charge in [-0.05, 0) is 6.92 Å². The average molecular weight is 329 g/mol. The SMILES string of the molecule is COC(=O)SNN(C)S(=O)(=O)c1c(C)nn(C)c1Cl. The number of nitrogens with one attached hydrogen (secondary N) is 1. The molecule has 1 heterocycles. The van der Waals surface area contributed by atoms with E-state index < -0.39 is 15.3 Å². The van der Waals surface area contributed by atoms with Gasteiger partial charge in [-0.1, -0.05) is 11.6 Å². The maximum Gasteiger partial charge on any atom is 0.383 e. The fraction of sp³-hybridized carbons (Fsp3) is 0.500. The summed E-state index contributed by atoms with van der Waals surface area (Å²) in [5.74, 6) is 0. The van der Waals surface area contributed by atoms with Crippen LogP contribution in [0.5, 0.6) is 0 Å². The minimum Gasteiger partial charge on any atom is -0.460 e. The summed E-state index contributed by atoms with van der Waals surface area (Å²) in [4.78, 5) is 13.1. The number of carbonyl (C=O) groups excluding carboxylic acids is 1. The van der Waals surface area contributed by atoms with E-state index in [9.17, 15) is 13.2 Å². The van der Waals surface area contributed by atoms with E-state index in [4.69, 9.17) is 11.6 Å². The highest BCUT2D eigenvalue weighted by Gasteiger charge is 2.29. The van der Waals surface area contributed by atoms with Crippen LogP contribution in [0.1, 0.15) is 5.69 Å². The van der Waals surface area contributed by atoms with Crippen LogP contribution < -0.4 is 4.83 Å². The second-order valence-electron chi connectivity index (χ2n) is 3.45. The molecule has 0 spiro atoms. The lowest BCUT2D eigenvalue weighted by molar-refractivity contribution is 0.200. The quantitative estimate of drug-likeness (QED) is 0.499. The molecule has 0 aliphatic heterocycles. The zero-order chi connectivity index (χ0) is 14.8. The number of sulfonamides is 1. The number of methoxy groups -OCH3 is 1. The lowest BCUT2D eigenvalue weighted by atomic mass is 10.5. The Hall–Kier alpha value is -0.810. The summed E-state index contributed by atoms with van der Waals surface area (Å²) < 4.78 is 30.9. The Morgan fingerprint density at radius 3 is 2.58 bits per heavy atom. The van der Waals surface area contributed by atoms with Crippen molar-refractivity contribution in [3.63, 3.8) is 0 Å². The highest BCUT2D eigenvalue weighted by molar-refractivity contribution is 8.11. The molecule has 11 heteroatoms. The predicted molar refractivity (Wildman–Crippen MR) is 71.0 cm³/mol. The van der Waals surface area contributed by atoms with Crippen molar-refractivity contribution in [2.45, 2.75) is 11.8 Å². The molecule has 0 saturated carbocycles. The number of rotatable bonds is 4. The number of aryl methyl sites for hydroxylation is 2. The van der Waals surface area contributed by atoms with E-state index in [2.05, 4.69) is 14.7 Å². The molecule has 1 aromatic rings. The molecule has 1 N–H and O–H groups in total. The molecule has 0 atom stereocenters. The van der Waals surface area contributed by atoms with Crippen molar-refractivity contribution in [3.8, 4) is 0 Å². The molecule has 0 saturated heterocycles. The molecule has 0 unspecified atom stereocenters. The Kier molecular flexibility index (Phi) is 5.21. The number of hydrogen-bond donors (Lipinski definition) is 1. The zero-order valence-corrected chi connectivity index (χ0v) is 13.1. The van der Waals surface area contributed by atoms with Crippen molar-refractivity contribution in [2.75, 3.05) is 14.2 Å². The van der Waals surface area contributed by atoms with Crippen LogP contribution in [-0.2, 0) is 21.8 Å². The molecule has 19 heavy (non-hydrogen) atoms. The van der Waals surface area contributed by atoms with Crippen LogP contribution in [0.15, 0.2) is 4.90 Å². The minimum absolute atomic E-state index is 0.00535. The first-order valence-corrected chi connectivity index (χ1v) is 7.53. The van der Waals surface area contributed by atoms with E-state index in [0.29, 0.717) is 11.9 Å². The van der Waals surface area contributed by atoms with Crippen molar-refractivity contribution in [3.05, 3.63) is 10.8 Å². The van der Waals surface area contributed by atoms with Gasteiger partial charge in [0, 0.05) is 14.1 Å². The first-order valence-electron chi connectivity index (χ1n) is 4.90. The molecule has 0 aromatic carbocycles. The second-order valence-corrected chi connectivity index (χ2v) is 6.43. The number of halogens is 1. The normalized spacial score (nSPS) is 11.9. The predicted octanol–water partition coefficient (Wildman–Crippen LogP) is 0.922. The zero-order valence-electron chi connectivity index (χ0n) is 10.7. The van der Waals surface area contributed by atoms with Gasteiger partial charge in [0.05, 0.1) is 24.8 Å². The van der Waals surface area contributed by atoms with Gasteiger partial charge in [0.15, 0.2) is 0 Å². The second kappa shape index (κ2) is 6.09. The number of hydrazine groups is 1. The lowest BCUT2D eigenvalue weighted by Gasteiger charge is -2.16. The summed E-state index contributed by atoms with van der Waals surface area (Å²) in [6.07, 6.45) is 0. The maximum atomic E-state index is 12.2. The number of carbonyl (C=O) groups is 1. The third-order valence-electron chi connectivity index (χ3n) is 2.14. The van der Waals surface area contributed by atoms with Gasteiger partial charge < -0.3 is 4.74 Å². The summed E-state index contributed by atoms with van der Waals surface area (Å²) in [5.41, 5.74) is 0.268. The highest BCUT2D eigenvalue weighted by atomic mass is 35.5. The van der Waals surface area contributed by atoms with Crippen LogP contribution in [0, 0.1) is 6.92 Å². The highest BCUT2D eigenvalue weighted by Crippen LogP contribution is 2.26. The van der Waals surface area contributed by atoms with Crippen LogP contribution in [0.3, 0.4) is 0 Å². The molecule has 0 fully saturated rings. The number of nitrogens with zero attached hydrogens (tertiary/aromatic N) is 3. The average Bonchev–Trinajstić information content (AvgIpc) is 2.59. The van der Waals surface area contributed by atoms with E-state index in [0.717, 1.165) is 4.41 Å². The van der Waals surface area contributed by atoms with E-state index in [1.807, 2.05) is 0 Å². The number of ether oxygens (including phenoxy) is 1. The van der Waals surface area contributed by atoms with Crippen molar-refractivity contribution < 1.29 is 17.9 Å². The Balaban J connectivity index is 3.00. The summed E-state index contributed by atoms with van der Waals surface area (Å²) >= 11 is 6.39. The number of aromatic nitrogens is 2. The first-order chi connectivity index (χ1) is 8.71. The molecular weight excluding hydrogens is 316 g/mol. The van der Waals surface area contributed by atoms with Gasteiger partial charge in [0.2, 0.25) is 0 Å². The van der Waals surface area contributed by atoms with E-state index >= 15 is 0 Å². The molecule has 0 bridgehead atoms. The van der Waals surface area contributed by atoms with Gasteiger partial charge in [-0.25, -0.2) is 13.2 Å². The van der Waals surface area contributed by atoms with E-state index in [1.54, 1.807) is 0 Å². The van der Waals surface area contributed by atoms with Crippen LogP contribution in [0.2, 0.25) is 5.15 Å². The molecular formula is C8H13ClN4O4S2. The largest absolute Gasteiger partial charge is 0.460 e. The van der Waals surface area contributed by atoms with Crippen LogP contribution in [0.4, 0.5) is 4.79 Å². The fourth-order valence-electron chi connectivity index (χ4n) is 1.23. The van der Waals surface area contributed by atoms with E-state index in [1.165, 1.54) is 32.8 Å². The minimum atomic E-state index is -3.91. The molecule has 8 nitrogen and oxygen atoms in total. The van der Waals surface area contributed by atoms with Gasteiger partial charge in [-0.2, -0.15) is 9.93 Å². The molecule has 0 radical (unpaired) electrons. The monoisotopic (exact) mass is 328 g/mol. The van der Waals surface area contributed by atoms with Crippen molar-refractivity contribution in [1.82, 2.24) is 19.0 Å². The Bertz CT molecular complexity index is 586. The molecule has 0 aliphatic rings. The molecule has 1 aromatic heterocycles. The summed E-state index contributed by atoms with van der Waals surface area (Å²) in [6, 6.07) is 0. The Morgan fingerprint density at radius 2 is 2.16 bits per heavy atom. The molecule has 0 aliphatic carbocycles. The van der Waals surface area contributed by atoms with Gasteiger partial charge >= 0.3 is 5.30 Å². The molecule has 108 valence electrons.